The van der Waals surface area contributed by atoms with E-state index in [-0.39, 0.29) is 5.76 Å². The van der Waals surface area contributed by atoms with Crippen LogP contribution in [0.3, 0.4) is 0 Å². The van der Waals surface area contributed by atoms with Crippen molar-refractivity contribution < 1.29 is 18.7 Å². The molecule has 2 heterocycles. The molecule has 3 aromatic rings. The molecule has 0 radical (unpaired) electrons. The summed E-state index contributed by atoms with van der Waals surface area (Å²) in [5, 5.41) is 7.55. The lowest BCUT2D eigenvalue weighted by atomic mass is 10.2. The van der Waals surface area contributed by atoms with Crippen LogP contribution in [0.5, 0.6) is 11.5 Å². The molecule has 0 fully saturated rings. The molecule has 0 bridgehead atoms. The average molecular weight is 428 g/mol. The molecule has 3 rings (SSSR count). The van der Waals surface area contributed by atoms with Crippen molar-refractivity contribution in [1.29, 1.82) is 0 Å². The minimum absolute atomic E-state index is 0.135. The summed E-state index contributed by atoms with van der Waals surface area (Å²) in [6.45, 7) is 3.79. The first-order valence-electron chi connectivity index (χ1n) is 10.2. The number of aryl methyl sites for hydroxylation is 1. The number of methoxy groups -OCH3 is 2. The zero-order chi connectivity index (χ0) is 22.2. The molecular weight excluding hydrogens is 398 g/mol. The van der Waals surface area contributed by atoms with Gasteiger partial charge in [-0.3, -0.25) is 4.79 Å². The molecule has 0 unspecified atom stereocenters. The van der Waals surface area contributed by atoms with Crippen LogP contribution in [0.15, 0.2) is 39.7 Å². The molecule has 5 N–H and O–H groups in total. The molecule has 0 aliphatic heterocycles. The molecule has 9 heteroatoms. The van der Waals surface area contributed by atoms with Gasteiger partial charge in [0.2, 0.25) is 0 Å². The lowest BCUT2D eigenvalue weighted by Crippen LogP contribution is -2.37. The second-order valence-electron chi connectivity index (χ2n) is 6.94. The summed E-state index contributed by atoms with van der Waals surface area (Å²) in [5.74, 6) is 2.35. The third-order valence-corrected chi connectivity index (χ3v) is 4.74. The van der Waals surface area contributed by atoms with E-state index in [4.69, 9.17) is 19.6 Å². The van der Waals surface area contributed by atoms with Gasteiger partial charge in [-0.05, 0) is 38.0 Å². The number of nitrogens with zero attached hydrogens (tertiary/aromatic N) is 1. The van der Waals surface area contributed by atoms with E-state index in [1.165, 1.54) is 0 Å². The van der Waals surface area contributed by atoms with Crippen molar-refractivity contribution in [3.05, 3.63) is 47.5 Å². The van der Waals surface area contributed by atoms with Gasteiger partial charge in [0.05, 0.1) is 19.7 Å². The van der Waals surface area contributed by atoms with Crippen LogP contribution in [0.25, 0.3) is 10.9 Å². The molecule has 166 valence electrons. The zero-order valence-electron chi connectivity index (χ0n) is 18.1. The van der Waals surface area contributed by atoms with Crippen LogP contribution in [-0.4, -0.2) is 44.2 Å². The van der Waals surface area contributed by atoms with Gasteiger partial charge in [0, 0.05) is 36.3 Å². The maximum absolute atomic E-state index is 11.1. The number of benzene rings is 1. The average Bonchev–Trinajstić information content (AvgIpc) is 3.41. The number of guanidine groups is 1. The van der Waals surface area contributed by atoms with Gasteiger partial charge in [0.25, 0.3) is 5.91 Å². The number of ether oxygens (including phenoxy) is 2. The lowest BCUT2D eigenvalue weighted by Gasteiger charge is -2.10. The standard InChI is InChI=1S/C22H29N5O4/c1-4-24-22(26-13-15-7-8-19(31-15)21(23)28)25-9-5-6-14-10-17-18(27-14)11-16(29-2)12-20(17)30-3/h7-8,10-12,27H,4-6,9,13H2,1-3H3,(H2,23,28)(H2,24,25,26). The van der Waals surface area contributed by atoms with Gasteiger partial charge in [-0.25, -0.2) is 4.99 Å². The van der Waals surface area contributed by atoms with Crippen LogP contribution in [0.1, 0.15) is 35.4 Å². The first kappa shape index (κ1) is 22.1. The Morgan fingerprint density at radius 1 is 1.19 bits per heavy atom. The molecule has 9 nitrogen and oxygen atoms in total. The number of H-pyrrole nitrogens is 1. The molecule has 1 amide bonds. The monoisotopic (exact) mass is 427 g/mol. The highest BCUT2D eigenvalue weighted by molar-refractivity contribution is 5.90. The number of hydrogen-bond donors (Lipinski definition) is 4. The van der Waals surface area contributed by atoms with Crippen molar-refractivity contribution in [1.82, 2.24) is 15.6 Å². The second-order valence-corrected chi connectivity index (χ2v) is 6.94. The summed E-state index contributed by atoms with van der Waals surface area (Å²) in [6.07, 6.45) is 1.77. The zero-order valence-corrected chi connectivity index (χ0v) is 18.1. The summed E-state index contributed by atoms with van der Waals surface area (Å²) in [6, 6.07) is 9.21. The van der Waals surface area contributed by atoms with Crippen LogP contribution < -0.4 is 25.8 Å². The highest BCUT2D eigenvalue weighted by Crippen LogP contribution is 2.31. The maximum Gasteiger partial charge on any atom is 0.284 e. The molecule has 1 aromatic carbocycles. The Morgan fingerprint density at radius 2 is 2.03 bits per heavy atom. The van der Waals surface area contributed by atoms with E-state index in [9.17, 15) is 4.79 Å². The molecule has 2 aromatic heterocycles. The number of carbonyl (C=O) groups is 1. The topological polar surface area (TPSA) is 127 Å². The summed E-state index contributed by atoms with van der Waals surface area (Å²) < 4.78 is 16.2. The van der Waals surface area contributed by atoms with Crippen molar-refractivity contribution >= 4 is 22.8 Å². The van der Waals surface area contributed by atoms with Gasteiger partial charge >= 0.3 is 0 Å². The van der Waals surface area contributed by atoms with E-state index in [0.717, 1.165) is 54.0 Å². The first-order chi connectivity index (χ1) is 15.0. The fourth-order valence-electron chi connectivity index (χ4n) is 3.24. The number of rotatable bonds is 10. The van der Waals surface area contributed by atoms with Crippen LogP contribution in [0.2, 0.25) is 0 Å². The summed E-state index contributed by atoms with van der Waals surface area (Å²) >= 11 is 0. The van der Waals surface area contributed by atoms with E-state index in [2.05, 4.69) is 26.7 Å². The second kappa shape index (κ2) is 10.4. The fourth-order valence-corrected chi connectivity index (χ4v) is 3.24. The van der Waals surface area contributed by atoms with Crippen LogP contribution in [-0.2, 0) is 13.0 Å². The lowest BCUT2D eigenvalue weighted by molar-refractivity contribution is 0.0972. The van der Waals surface area contributed by atoms with Gasteiger partial charge in [0.1, 0.15) is 23.8 Å². The summed E-state index contributed by atoms with van der Waals surface area (Å²) in [4.78, 5) is 19.0. The van der Waals surface area contributed by atoms with Gasteiger partial charge in [-0.1, -0.05) is 0 Å². The highest BCUT2D eigenvalue weighted by atomic mass is 16.5. The normalized spacial score (nSPS) is 11.5. The number of fused-ring (bicyclic) bond motifs is 1. The number of aromatic amines is 1. The van der Waals surface area contributed by atoms with Gasteiger partial charge in [-0.15, -0.1) is 0 Å². The number of furan rings is 1. The number of hydrogen-bond acceptors (Lipinski definition) is 5. The van der Waals surface area contributed by atoms with Gasteiger partial charge in [0.15, 0.2) is 11.7 Å². The third-order valence-electron chi connectivity index (χ3n) is 4.74. The van der Waals surface area contributed by atoms with E-state index >= 15 is 0 Å². The van der Waals surface area contributed by atoms with Crippen molar-refractivity contribution in [3.8, 4) is 11.5 Å². The summed E-state index contributed by atoms with van der Waals surface area (Å²) in [7, 11) is 3.30. The quantitative estimate of drug-likeness (QED) is 0.224. The Labute approximate surface area is 181 Å². The molecule has 0 saturated carbocycles. The van der Waals surface area contributed by atoms with Crippen LogP contribution >= 0.6 is 0 Å². The SMILES string of the molecule is CCNC(=NCc1ccc(C(N)=O)o1)NCCCc1cc2c(OC)cc(OC)cc2[nH]1. The predicted octanol–water partition coefficient (Wildman–Crippen LogP) is 2.56. The van der Waals surface area contributed by atoms with Gasteiger partial charge < -0.3 is 35.2 Å². The highest BCUT2D eigenvalue weighted by Gasteiger charge is 2.10. The smallest absolute Gasteiger partial charge is 0.284 e. The molecule has 31 heavy (non-hydrogen) atoms. The Kier molecular flexibility index (Phi) is 7.42. The number of amides is 1. The minimum atomic E-state index is -0.590. The molecular formula is C22H29N5O4. The number of nitrogens with two attached hydrogens (primary N) is 1. The number of nitrogens with one attached hydrogen (secondary N) is 3. The van der Waals surface area contributed by atoms with Crippen LogP contribution in [0.4, 0.5) is 0 Å². The largest absolute Gasteiger partial charge is 0.497 e. The maximum atomic E-state index is 11.1. The number of aliphatic imine (C=N–C) groups is 1. The fraction of sp³-hybridized carbons (Fsp3) is 0.364. The molecule has 0 atom stereocenters. The summed E-state index contributed by atoms with van der Waals surface area (Å²) in [5.41, 5.74) is 7.32. The van der Waals surface area contributed by atoms with Gasteiger partial charge in [-0.2, -0.15) is 0 Å². The van der Waals surface area contributed by atoms with Crippen molar-refractivity contribution in [3.63, 3.8) is 0 Å². The van der Waals surface area contributed by atoms with Crippen molar-refractivity contribution in [2.24, 2.45) is 10.7 Å². The molecule has 0 spiro atoms. The van der Waals surface area contributed by atoms with Crippen molar-refractivity contribution in [2.75, 3.05) is 27.3 Å². The van der Waals surface area contributed by atoms with E-state index in [1.807, 2.05) is 19.1 Å². The third kappa shape index (κ3) is 5.71. The molecule has 0 aliphatic rings. The Hall–Kier alpha value is -3.62. The Morgan fingerprint density at radius 3 is 2.71 bits per heavy atom. The minimum Gasteiger partial charge on any atom is -0.497 e. The predicted molar refractivity (Wildman–Crippen MR) is 120 cm³/mol. The van der Waals surface area contributed by atoms with E-state index in [0.29, 0.717) is 18.3 Å². The van der Waals surface area contributed by atoms with E-state index < -0.39 is 5.91 Å². The van der Waals surface area contributed by atoms with Crippen molar-refractivity contribution in [2.45, 2.75) is 26.3 Å². The number of aromatic nitrogens is 1. The number of carbonyl (C=O) groups excluding carboxylic acids is 1. The van der Waals surface area contributed by atoms with E-state index in [1.54, 1.807) is 26.4 Å². The number of primary amides is 1. The van der Waals surface area contributed by atoms with Crippen LogP contribution in [0, 0.1) is 0 Å². The Balaban J connectivity index is 1.55. The Bertz CT molecular complexity index is 1050. The first-order valence-corrected chi connectivity index (χ1v) is 10.2. The molecule has 0 aliphatic carbocycles. The molecule has 0 saturated heterocycles.